The Hall–Kier alpha value is -2.59. The summed E-state index contributed by atoms with van der Waals surface area (Å²) < 4.78 is 2.01. The minimum atomic E-state index is 0.725. The van der Waals surface area contributed by atoms with E-state index in [1.807, 2.05) is 59.6 Å². The lowest BCUT2D eigenvalue weighted by atomic mass is 10.2. The van der Waals surface area contributed by atoms with E-state index < -0.39 is 0 Å². The van der Waals surface area contributed by atoms with E-state index in [4.69, 9.17) is 0 Å². The highest BCUT2D eigenvalue weighted by molar-refractivity contribution is 5.43. The smallest absolute Gasteiger partial charge is 0.0991 e. The number of nitrogens with zero attached hydrogens (tertiary/aromatic N) is 2. The molecule has 0 aliphatic heterocycles. The average Bonchev–Trinajstić information content (AvgIpc) is 3.03. The quantitative estimate of drug-likeness (QED) is 0.696. The summed E-state index contributed by atoms with van der Waals surface area (Å²) in [5, 5.41) is 0. The van der Waals surface area contributed by atoms with Gasteiger partial charge in [0.05, 0.1) is 12.0 Å². The Labute approximate surface area is 118 Å². The van der Waals surface area contributed by atoms with Gasteiger partial charge in [0.2, 0.25) is 0 Å². The molecule has 0 amide bonds. The van der Waals surface area contributed by atoms with Gasteiger partial charge in [-0.1, -0.05) is 36.4 Å². The number of hydrogen-bond donors (Lipinski definition) is 2. The third kappa shape index (κ3) is 2.87. The van der Waals surface area contributed by atoms with E-state index in [1.54, 1.807) is 6.20 Å². The fraction of sp³-hybridized carbons (Fsp3) is 0.0625. The van der Waals surface area contributed by atoms with Gasteiger partial charge < -0.3 is 9.99 Å². The standard InChI is InChI=1S/C16H16N4/c1-2-7-15(8-3-1)19-18-12-14-6-4-5-9-16(14)20-11-10-17-13-20/h1-11,13,18-19H,12H2. The van der Waals surface area contributed by atoms with E-state index in [0.29, 0.717) is 0 Å². The van der Waals surface area contributed by atoms with Crippen molar-refractivity contribution < 1.29 is 0 Å². The molecule has 0 unspecified atom stereocenters. The predicted molar refractivity (Wildman–Crippen MR) is 80.5 cm³/mol. The molecule has 1 heterocycles. The fourth-order valence-corrected chi connectivity index (χ4v) is 2.08. The molecular weight excluding hydrogens is 248 g/mol. The number of para-hydroxylation sites is 2. The first kappa shape index (κ1) is 12.4. The zero-order chi connectivity index (χ0) is 13.6. The third-order valence-corrected chi connectivity index (χ3v) is 3.06. The Morgan fingerprint density at radius 1 is 0.950 bits per heavy atom. The highest BCUT2D eigenvalue weighted by Crippen LogP contribution is 2.14. The summed E-state index contributed by atoms with van der Waals surface area (Å²) in [6, 6.07) is 18.3. The summed E-state index contributed by atoms with van der Waals surface area (Å²) in [7, 11) is 0. The van der Waals surface area contributed by atoms with E-state index in [2.05, 4.69) is 28.0 Å². The van der Waals surface area contributed by atoms with Crippen molar-refractivity contribution in [3.8, 4) is 5.69 Å². The number of imidazole rings is 1. The van der Waals surface area contributed by atoms with E-state index in [1.165, 1.54) is 5.56 Å². The fourth-order valence-electron chi connectivity index (χ4n) is 2.08. The van der Waals surface area contributed by atoms with Gasteiger partial charge in [-0.3, -0.25) is 0 Å². The van der Waals surface area contributed by atoms with Crippen LogP contribution in [-0.2, 0) is 6.54 Å². The maximum atomic E-state index is 4.09. The van der Waals surface area contributed by atoms with Crippen molar-refractivity contribution in [2.75, 3.05) is 5.43 Å². The van der Waals surface area contributed by atoms with Crippen molar-refractivity contribution in [3.63, 3.8) is 0 Å². The van der Waals surface area contributed by atoms with Crippen LogP contribution in [0.25, 0.3) is 5.69 Å². The SMILES string of the molecule is c1ccc(NNCc2ccccc2-n2ccnc2)cc1. The van der Waals surface area contributed by atoms with Gasteiger partial charge in [0.15, 0.2) is 0 Å². The molecule has 0 aliphatic rings. The zero-order valence-electron chi connectivity index (χ0n) is 11.0. The lowest BCUT2D eigenvalue weighted by Gasteiger charge is -2.12. The van der Waals surface area contributed by atoms with Crippen LogP contribution in [0, 0.1) is 0 Å². The normalized spacial score (nSPS) is 10.4. The number of hydrazine groups is 1. The Bertz CT molecular complexity index is 647. The Morgan fingerprint density at radius 2 is 1.75 bits per heavy atom. The lowest BCUT2D eigenvalue weighted by molar-refractivity contribution is 0.792. The molecule has 0 saturated heterocycles. The van der Waals surface area contributed by atoms with Gasteiger partial charge in [-0.2, -0.15) is 0 Å². The van der Waals surface area contributed by atoms with E-state index in [0.717, 1.165) is 17.9 Å². The topological polar surface area (TPSA) is 41.9 Å². The molecule has 4 heteroatoms. The highest BCUT2D eigenvalue weighted by atomic mass is 15.3. The molecule has 0 aliphatic carbocycles. The first-order valence-electron chi connectivity index (χ1n) is 6.53. The monoisotopic (exact) mass is 264 g/mol. The largest absolute Gasteiger partial charge is 0.321 e. The molecule has 20 heavy (non-hydrogen) atoms. The van der Waals surface area contributed by atoms with Gasteiger partial charge in [0.25, 0.3) is 0 Å². The van der Waals surface area contributed by atoms with E-state index in [9.17, 15) is 0 Å². The molecule has 4 nitrogen and oxygen atoms in total. The van der Waals surface area contributed by atoms with Gasteiger partial charge in [0, 0.05) is 24.6 Å². The van der Waals surface area contributed by atoms with Gasteiger partial charge in [-0.25, -0.2) is 10.4 Å². The van der Waals surface area contributed by atoms with E-state index >= 15 is 0 Å². The Morgan fingerprint density at radius 3 is 2.55 bits per heavy atom. The molecule has 0 saturated carbocycles. The number of anilines is 1. The summed E-state index contributed by atoms with van der Waals surface area (Å²) in [5.74, 6) is 0. The molecule has 0 radical (unpaired) electrons. The van der Waals surface area contributed by atoms with Crippen molar-refractivity contribution in [2.24, 2.45) is 0 Å². The summed E-state index contributed by atoms with van der Waals surface area (Å²) in [6.07, 6.45) is 5.54. The summed E-state index contributed by atoms with van der Waals surface area (Å²) in [4.78, 5) is 4.09. The molecule has 0 atom stereocenters. The second-order valence-corrected chi connectivity index (χ2v) is 4.44. The molecule has 0 spiro atoms. The molecule has 0 fully saturated rings. The van der Waals surface area contributed by atoms with Crippen LogP contribution >= 0.6 is 0 Å². The predicted octanol–water partition coefficient (Wildman–Crippen LogP) is 2.99. The van der Waals surface area contributed by atoms with Crippen LogP contribution in [0.15, 0.2) is 73.3 Å². The number of hydrogen-bond acceptors (Lipinski definition) is 3. The van der Waals surface area contributed by atoms with Crippen LogP contribution < -0.4 is 10.9 Å². The molecule has 2 aromatic carbocycles. The van der Waals surface area contributed by atoms with Crippen LogP contribution in [0.3, 0.4) is 0 Å². The highest BCUT2D eigenvalue weighted by Gasteiger charge is 2.02. The van der Waals surface area contributed by atoms with E-state index in [-0.39, 0.29) is 0 Å². The maximum absolute atomic E-state index is 4.09. The Balaban J connectivity index is 1.69. The summed E-state index contributed by atoms with van der Waals surface area (Å²) in [5.41, 5.74) is 9.81. The van der Waals surface area contributed by atoms with Gasteiger partial charge >= 0.3 is 0 Å². The van der Waals surface area contributed by atoms with Crippen LogP contribution in [0.2, 0.25) is 0 Å². The third-order valence-electron chi connectivity index (χ3n) is 3.06. The zero-order valence-corrected chi connectivity index (χ0v) is 11.0. The van der Waals surface area contributed by atoms with Crippen LogP contribution in [0.4, 0.5) is 5.69 Å². The first-order valence-corrected chi connectivity index (χ1v) is 6.53. The van der Waals surface area contributed by atoms with Crippen molar-refractivity contribution >= 4 is 5.69 Å². The molecule has 3 aromatic rings. The van der Waals surface area contributed by atoms with Crippen molar-refractivity contribution in [2.45, 2.75) is 6.54 Å². The van der Waals surface area contributed by atoms with Gasteiger partial charge in [-0.05, 0) is 23.8 Å². The molecule has 1 aromatic heterocycles. The number of rotatable bonds is 5. The number of aromatic nitrogens is 2. The van der Waals surface area contributed by atoms with Crippen LogP contribution in [-0.4, -0.2) is 9.55 Å². The average molecular weight is 264 g/mol. The molecule has 3 rings (SSSR count). The molecular formula is C16H16N4. The summed E-state index contributed by atoms with van der Waals surface area (Å²) in [6.45, 7) is 0.725. The number of benzene rings is 2. The number of nitrogens with one attached hydrogen (secondary N) is 2. The minimum absolute atomic E-state index is 0.725. The van der Waals surface area contributed by atoms with Crippen molar-refractivity contribution in [3.05, 3.63) is 78.9 Å². The second kappa shape index (κ2) is 6.04. The summed E-state index contributed by atoms with van der Waals surface area (Å²) >= 11 is 0. The minimum Gasteiger partial charge on any atom is -0.321 e. The second-order valence-electron chi connectivity index (χ2n) is 4.44. The van der Waals surface area contributed by atoms with Crippen LogP contribution in [0.1, 0.15) is 5.56 Å². The van der Waals surface area contributed by atoms with Gasteiger partial charge in [-0.15, -0.1) is 0 Å². The molecule has 2 N–H and O–H groups in total. The first-order chi connectivity index (χ1) is 9.93. The van der Waals surface area contributed by atoms with Crippen molar-refractivity contribution in [1.29, 1.82) is 0 Å². The van der Waals surface area contributed by atoms with Crippen molar-refractivity contribution in [1.82, 2.24) is 15.0 Å². The van der Waals surface area contributed by atoms with Crippen LogP contribution in [0.5, 0.6) is 0 Å². The van der Waals surface area contributed by atoms with Gasteiger partial charge in [0.1, 0.15) is 0 Å². The Kier molecular flexibility index (Phi) is 3.76. The molecule has 0 bridgehead atoms. The molecule has 100 valence electrons. The maximum Gasteiger partial charge on any atom is 0.0991 e. The lowest BCUT2D eigenvalue weighted by Crippen LogP contribution is -2.21.